The van der Waals surface area contributed by atoms with Crippen LogP contribution in [0.15, 0.2) is 66.7 Å². The number of carbonyl (C=O) groups is 3. The Labute approximate surface area is 233 Å². The highest BCUT2D eigenvalue weighted by molar-refractivity contribution is 6.30. The number of anilines is 3. The number of aromatic carboxylic acids is 1. The van der Waals surface area contributed by atoms with E-state index in [1.165, 1.54) is 17.3 Å². The van der Waals surface area contributed by atoms with E-state index in [-0.39, 0.29) is 17.5 Å². The molecule has 12 heteroatoms. The van der Waals surface area contributed by atoms with Gasteiger partial charge in [-0.25, -0.2) is 9.59 Å². The van der Waals surface area contributed by atoms with Crippen LogP contribution in [0, 0.1) is 6.92 Å². The van der Waals surface area contributed by atoms with Crippen LogP contribution in [0.2, 0.25) is 5.02 Å². The van der Waals surface area contributed by atoms with Gasteiger partial charge in [0.15, 0.2) is 0 Å². The van der Waals surface area contributed by atoms with Crippen LogP contribution in [0.25, 0.3) is 0 Å². The van der Waals surface area contributed by atoms with Gasteiger partial charge in [-0.15, -0.1) is 0 Å². The van der Waals surface area contributed by atoms with Crippen LogP contribution >= 0.6 is 11.6 Å². The lowest BCUT2D eigenvalue weighted by molar-refractivity contribution is -0.192. The Morgan fingerprint density at radius 1 is 0.950 bits per heavy atom. The van der Waals surface area contributed by atoms with E-state index < -0.39 is 18.1 Å². The molecule has 8 nitrogen and oxygen atoms in total. The van der Waals surface area contributed by atoms with E-state index in [9.17, 15) is 27.9 Å². The van der Waals surface area contributed by atoms with Crippen LogP contribution in [-0.4, -0.2) is 59.9 Å². The zero-order chi connectivity index (χ0) is 29.6. The van der Waals surface area contributed by atoms with Crippen LogP contribution in [0.5, 0.6) is 0 Å². The van der Waals surface area contributed by atoms with Gasteiger partial charge in [-0.05, 0) is 74.0 Å². The first kappa shape index (κ1) is 30.3. The number of hydrogen-bond acceptors (Lipinski definition) is 5. The van der Waals surface area contributed by atoms with Gasteiger partial charge in [-0.3, -0.25) is 4.79 Å². The Balaban J connectivity index is 0.000000559. The van der Waals surface area contributed by atoms with E-state index in [2.05, 4.69) is 53.2 Å². The second-order valence-electron chi connectivity index (χ2n) is 9.13. The van der Waals surface area contributed by atoms with Gasteiger partial charge in [-0.2, -0.15) is 13.2 Å². The minimum Gasteiger partial charge on any atom is -0.478 e. The maximum absolute atomic E-state index is 12.8. The molecular formula is C28H27ClF3N3O5. The first-order chi connectivity index (χ1) is 18.8. The van der Waals surface area contributed by atoms with Crippen molar-refractivity contribution in [1.29, 1.82) is 0 Å². The molecule has 3 aromatic rings. The summed E-state index contributed by atoms with van der Waals surface area (Å²) >= 11 is 5.93. The van der Waals surface area contributed by atoms with Crippen molar-refractivity contribution >= 4 is 46.5 Å². The summed E-state index contributed by atoms with van der Waals surface area (Å²) in [7, 11) is 0. The Bertz CT molecular complexity index is 1380. The Morgan fingerprint density at radius 2 is 1.57 bits per heavy atom. The van der Waals surface area contributed by atoms with E-state index in [4.69, 9.17) is 21.5 Å². The molecule has 0 radical (unpaired) electrons. The molecule has 3 N–H and O–H groups in total. The third kappa shape index (κ3) is 7.89. The molecule has 0 bridgehead atoms. The van der Waals surface area contributed by atoms with Crippen molar-refractivity contribution in [3.63, 3.8) is 0 Å². The molecule has 1 amide bonds. The van der Waals surface area contributed by atoms with Crippen molar-refractivity contribution in [1.82, 2.24) is 0 Å². The summed E-state index contributed by atoms with van der Waals surface area (Å²) in [6, 6.07) is 20.1. The highest BCUT2D eigenvalue weighted by atomic mass is 35.5. The number of aryl methyl sites for hydroxylation is 1. The minimum absolute atomic E-state index is 0.122. The third-order valence-corrected chi connectivity index (χ3v) is 6.39. The molecule has 1 heterocycles. The summed E-state index contributed by atoms with van der Waals surface area (Å²) in [4.78, 5) is 37.9. The zero-order valence-corrected chi connectivity index (χ0v) is 22.3. The van der Waals surface area contributed by atoms with Gasteiger partial charge < -0.3 is 25.3 Å². The van der Waals surface area contributed by atoms with Crippen LogP contribution < -0.4 is 15.1 Å². The molecule has 212 valence electrons. The third-order valence-electron chi connectivity index (χ3n) is 6.14. The van der Waals surface area contributed by atoms with Crippen LogP contribution in [0.1, 0.15) is 33.2 Å². The molecule has 1 unspecified atom stereocenters. The van der Waals surface area contributed by atoms with Gasteiger partial charge >= 0.3 is 18.1 Å². The van der Waals surface area contributed by atoms with Gasteiger partial charge in [0.1, 0.15) is 0 Å². The zero-order valence-electron chi connectivity index (χ0n) is 21.6. The number of piperazine rings is 1. The van der Waals surface area contributed by atoms with Crippen LogP contribution in [-0.2, 0) is 4.79 Å². The Morgan fingerprint density at radius 3 is 2.12 bits per heavy atom. The molecule has 0 aromatic heterocycles. The van der Waals surface area contributed by atoms with Gasteiger partial charge in [0.25, 0.3) is 5.91 Å². The smallest absolute Gasteiger partial charge is 0.478 e. The number of nitrogens with one attached hydrogen (secondary N) is 1. The predicted molar refractivity (Wildman–Crippen MR) is 147 cm³/mol. The first-order valence-electron chi connectivity index (χ1n) is 12.1. The lowest BCUT2D eigenvalue weighted by atomic mass is 10.1. The van der Waals surface area contributed by atoms with Crippen molar-refractivity contribution in [2.24, 2.45) is 0 Å². The highest BCUT2D eigenvalue weighted by Crippen LogP contribution is 2.31. The maximum Gasteiger partial charge on any atom is 0.490 e. The topological polar surface area (TPSA) is 110 Å². The average Bonchev–Trinajstić information content (AvgIpc) is 2.88. The number of carbonyl (C=O) groups excluding carboxylic acids is 1. The van der Waals surface area contributed by atoms with E-state index >= 15 is 0 Å². The average molecular weight is 578 g/mol. The molecule has 1 saturated heterocycles. The fraction of sp³-hybridized carbons (Fsp3) is 0.250. The molecule has 1 fully saturated rings. The quantitative estimate of drug-likeness (QED) is 0.344. The fourth-order valence-corrected chi connectivity index (χ4v) is 4.33. The van der Waals surface area contributed by atoms with Gasteiger partial charge in [0.05, 0.1) is 16.9 Å². The standard InChI is InChI=1S/C26H26ClN3O3.C2HF3O2/c1-17-4-3-5-22(14-17)30-13-12-29(16-18(30)2)24-11-8-20(26(32)33)15-23(24)28-25(31)19-6-9-21(27)10-7-19;3-2(4,5)1(6)7/h3-11,14-15,18H,12-13,16H2,1-2H3,(H,28,31)(H,32,33);(H,6,7). The van der Waals surface area contributed by atoms with Crippen molar-refractivity contribution in [3.8, 4) is 0 Å². The minimum atomic E-state index is -5.08. The molecule has 4 rings (SSSR count). The number of rotatable bonds is 5. The number of benzene rings is 3. The Kier molecular flexibility index (Phi) is 9.65. The molecule has 0 aliphatic carbocycles. The lowest BCUT2D eigenvalue weighted by Gasteiger charge is -2.43. The summed E-state index contributed by atoms with van der Waals surface area (Å²) in [5.74, 6) is -4.12. The molecule has 1 aliphatic rings. The Hall–Kier alpha value is -4.25. The molecule has 0 spiro atoms. The van der Waals surface area contributed by atoms with E-state index in [0.717, 1.165) is 25.3 Å². The first-order valence-corrected chi connectivity index (χ1v) is 12.5. The second-order valence-corrected chi connectivity index (χ2v) is 9.56. The monoisotopic (exact) mass is 577 g/mol. The summed E-state index contributed by atoms with van der Waals surface area (Å²) < 4.78 is 31.7. The van der Waals surface area contributed by atoms with Crippen molar-refractivity contribution < 1.29 is 37.8 Å². The lowest BCUT2D eigenvalue weighted by Crippen LogP contribution is -2.52. The largest absolute Gasteiger partial charge is 0.490 e. The van der Waals surface area contributed by atoms with E-state index in [1.54, 1.807) is 36.4 Å². The predicted octanol–water partition coefficient (Wildman–Crippen LogP) is 5.95. The van der Waals surface area contributed by atoms with Crippen LogP contribution in [0.3, 0.4) is 0 Å². The van der Waals surface area contributed by atoms with Crippen molar-refractivity contribution in [2.45, 2.75) is 26.1 Å². The number of carboxylic acids is 2. The number of aliphatic carboxylic acids is 1. The molecule has 3 aromatic carbocycles. The molecule has 1 aliphatic heterocycles. The SMILES string of the molecule is Cc1cccc(N2CCN(c3ccc(C(=O)O)cc3NC(=O)c3ccc(Cl)cc3)CC2C)c1.O=C(O)C(F)(F)F. The van der Waals surface area contributed by atoms with E-state index in [0.29, 0.717) is 16.3 Å². The summed E-state index contributed by atoms with van der Waals surface area (Å²) in [5.41, 5.74) is 4.27. The number of amides is 1. The number of hydrogen-bond donors (Lipinski definition) is 3. The molecule has 1 atom stereocenters. The number of halogens is 4. The highest BCUT2D eigenvalue weighted by Gasteiger charge is 2.38. The second kappa shape index (κ2) is 12.7. The number of carboxylic acid groups (broad SMARTS) is 2. The summed E-state index contributed by atoms with van der Waals surface area (Å²) in [6.07, 6.45) is -5.08. The fourth-order valence-electron chi connectivity index (χ4n) is 4.21. The maximum atomic E-state index is 12.8. The molecular weight excluding hydrogens is 551 g/mol. The summed E-state index contributed by atoms with van der Waals surface area (Å²) in [5, 5.41) is 20.0. The van der Waals surface area contributed by atoms with Crippen molar-refractivity contribution in [2.75, 3.05) is 34.8 Å². The number of nitrogens with zero attached hydrogens (tertiary/aromatic N) is 2. The van der Waals surface area contributed by atoms with Gasteiger partial charge in [0, 0.05) is 41.9 Å². The molecule has 40 heavy (non-hydrogen) atoms. The normalized spacial score (nSPS) is 15.1. The number of alkyl halides is 3. The van der Waals surface area contributed by atoms with Crippen molar-refractivity contribution in [3.05, 3.63) is 88.4 Å². The van der Waals surface area contributed by atoms with E-state index in [1.807, 2.05) is 0 Å². The summed E-state index contributed by atoms with van der Waals surface area (Å²) in [6.45, 7) is 6.56. The van der Waals surface area contributed by atoms with Gasteiger partial charge in [-0.1, -0.05) is 23.7 Å². The molecule has 0 saturated carbocycles. The van der Waals surface area contributed by atoms with Crippen LogP contribution in [0.4, 0.5) is 30.2 Å². The van der Waals surface area contributed by atoms with Gasteiger partial charge in [0.2, 0.25) is 0 Å².